The Balaban J connectivity index is 2.70. The number of hydrogen-bond donors (Lipinski definition) is 1. The van der Waals surface area contributed by atoms with Crippen LogP contribution in [0.4, 0.5) is 0 Å². The molecule has 1 aliphatic rings. The van der Waals surface area contributed by atoms with Crippen LogP contribution in [-0.2, 0) is 23.8 Å². The summed E-state index contributed by atoms with van der Waals surface area (Å²) in [5.74, 6) is -1.07. The molecule has 6 nitrogen and oxygen atoms in total. The molecule has 0 bridgehead atoms. The molecule has 15 heavy (non-hydrogen) atoms. The summed E-state index contributed by atoms with van der Waals surface area (Å²) in [5, 5.41) is 9.40. The van der Waals surface area contributed by atoms with Crippen LogP contribution in [-0.4, -0.2) is 41.6 Å². The fraction of sp³-hybridized carbons (Fsp3) is 0.778. The smallest absolute Gasteiger partial charge is 0.303 e. The Morgan fingerprint density at radius 2 is 1.60 bits per heavy atom. The first-order valence-corrected chi connectivity index (χ1v) is 4.59. The lowest BCUT2D eigenvalue weighted by Gasteiger charge is -2.20. The van der Waals surface area contributed by atoms with Crippen LogP contribution in [0.2, 0.25) is 0 Å². The molecule has 1 fully saturated rings. The van der Waals surface area contributed by atoms with Gasteiger partial charge in [-0.2, -0.15) is 0 Å². The molecule has 4 atom stereocenters. The molecule has 0 unspecified atom stereocenters. The van der Waals surface area contributed by atoms with E-state index in [4.69, 9.17) is 14.2 Å². The summed E-state index contributed by atoms with van der Waals surface area (Å²) in [4.78, 5) is 21.5. The lowest BCUT2D eigenvalue weighted by molar-refractivity contribution is -0.174. The fourth-order valence-corrected chi connectivity index (χ4v) is 1.48. The predicted octanol–water partition coefficient (Wildman–Crippen LogP) is -0.413. The Labute approximate surface area is 87.1 Å². The molecule has 1 aliphatic heterocycles. The van der Waals surface area contributed by atoms with Crippen molar-refractivity contribution in [2.75, 3.05) is 0 Å². The predicted molar refractivity (Wildman–Crippen MR) is 47.7 cm³/mol. The second kappa shape index (κ2) is 4.59. The number of esters is 2. The number of hydrogen-bond acceptors (Lipinski definition) is 6. The number of ether oxygens (including phenoxy) is 3. The van der Waals surface area contributed by atoms with Crippen molar-refractivity contribution >= 4 is 11.9 Å². The Morgan fingerprint density at radius 1 is 1.13 bits per heavy atom. The van der Waals surface area contributed by atoms with Crippen molar-refractivity contribution in [3.05, 3.63) is 0 Å². The minimum absolute atomic E-state index is 0.506. The zero-order valence-corrected chi connectivity index (χ0v) is 8.80. The van der Waals surface area contributed by atoms with E-state index in [1.807, 2.05) is 0 Å². The number of rotatable bonds is 2. The SMILES string of the molecule is CC(=O)O[C@H]1[C@H](OC(C)=O)[C@@H](O)O[C@@H]1C. The van der Waals surface area contributed by atoms with Crippen molar-refractivity contribution in [1.82, 2.24) is 0 Å². The summed E-state index contributed by atoms with van der Waals surface area (Å²) in [7, 11) is 0. The Kier molecular flexibility index (Phi) is 3.65. The lowest BCUT2D eigenvalue weighted by Crippen LogP contribution is -2.39. The molecule has 6 heteroatoms. The quantitative estimate of drug-likeness (QED) is 0.634. The monoisotopic (exact) mass is 218 g/mol. The van der Waals surface area contributed by atoms with E-state index in [0.717, 1.165) is 0 Å². The third kappa shape index (κ3) is 2.90. The number of aliphatic hydroxyl groups is 1. The molecule has 1 N–H and O–H groups in total. The van der Waals surface area contributed by atoms with E-state index in [1.165, 1.54) is 13.8 Å². The maximum absolute atomic E-state index is 10.8. The molecule has 1 saturated heterocycles. The van der Waals surface area contributed by atoms with Gasteiger partial charge in [-0.05, 0) is 6.92 Å². The number of carbonyl (C=O) groups is 2. The molecule has 1 heterocycles. The van der Waals surface area contributed by atoms with Crippen LogP contribution in [0, 0.1) is 0 Å². The maximum atomic E-state index is 10.8. The minimum atomic E-state index is -1.26. The van der Waals surface area contributed by atoms with Gasteiger partial charge < -0.3 is 19.3 Å². The van der Waals surface area contributed by atoms with Gasteiger partial charge in [-0.3, -0.25) is 9.59 Å². The molecule has 0 aliphatic carbocycles. The van der Waals surface area contributed by atoms with Crippen LogP contribution >= 0.6 is 0 Å². The highest BCUT2D eigenvalue weighted by Crippen LogP contribution is 2.25. The highest BCUT2D eigenvalue weighted by molar-refractivity contribution is 5.67. The zero-order valence-electron chi connectivity index (χ0n) is 8.80. The van der Waals surface area contributed by atoms with Gasteiger partial charge in [-0.25, -0.2) is 0 Å². The van der Waals surface area contributed by atoms with E-state index in [9.17, 15) is 14.7 Å². The first-order chi connectivity index (χ1) is 6.91. The van der Waals surface area contributed by atoms with Gasteiger partial charge in [0.1, 0.15) is 0 Å². The summed E-state index contributed by atoms with van der Waals surface area (Å²) < 4.78 is 14.7. The van der Waals surface area contributed by atoms with Crippen molar-refractivity contribution in [3.63, 3.8) is 0 Å². The topological polar surface area (TPSA) is 82.1 Å². The number of aliphatic hydroxyl groups excluding tert-OH is 1. The highest BCUT2D eigenvalue weighted by atomic mass is 16.7. The highest BCUT2D eigenvalue weighted by Gasteiger charge is 2.46. The van der Waals surface area contributed by atoms with Gasteiger partial charge in [-0.1, -0.05) is 0 Å². The Bertz CT molecular complexity index is 237. The van der Waals surface area contributed by atoms with E-state index in [-0.39, 0.29) is 0 Å². The van der Waals surface area contributed by atoms with Crippen molar-refractivity contribution in [2.45, 2.75) is 45.4 Å². The van der Waals surface area contributed by atoms with E-state index in [1.54, 1.807) is 6.92 Å². The van der Waals surface area contributed by atoms with Gasteiger partial charge in [0.25, 0.3) is 0 Å². The maximum Gasteiger partial charge on any atom is 0.303 e. The standard InChI is InChI=1S/C9H14O6/c1-4-7(14-5(2)10)8(9(12)13-4)15-6(3)11/h4,7-9,12H,1-3H3/t4-,7-,8+,9+/m1/s1. The Hall–Kier alpha value is -1.14. The minimum Gasteiger partial charge on any atom is -0.456 e. The van der Waals surface area contributed by atoms with Crippen LogP contribution in [0.5, 0.6) is 0 Å². The molecular weight excluding hydrogens is 204 g/mol. The average Bonchev–Trinajstić information content (AvgIpc) is 2.30. The van der Waals surface area contributed by atoms with Crippen LogP contribution < -0.4 is 0 Å². The van der Waals surface area contributed by atoms with Crippen LogP contribution in [0.1, 0.15) is 20.8 Å². The van der Waals surface area contributed by atoms with E-state index >= 15 is 0 Å². The molecule has 0 radical (unpaired) electrons. The van der Waals surface area contributed by atoms with E-state index < -0.39 is 36.5 Å². The molecule has 0 aromatic heterocycles. The molecule has 0 aromatic carbocycles. The van der Waals surface area contributed by atoms with Crippen molar-refractivity contribution in [1.29, 1.82) is 0 Å². The summed E-state index contributed by atoms with van der Waals surface area (Å²) in [5.41, 5.74) is 0. The zero-order chi connectivity index (χ0) is 11.6. The summed E-state index contributed by atoms with van der Waals surface area (Å²) in [6, 6.07) is 0. The molecular formula is C9H14O6. The van der Waals surface area contributed by atoms with Crippen LogP contribution in [0.15, 0.2) is 0 Å². The third-order valence-corrected chi connectivity index (χ3v) is 2.03. The van der Waals surface area contributed by atoms with Gasteiger partial charge in [-0.15, -0.1) is 0 Å². The number of carbonyl (C=O) groups excluding carboxylic acids is 2. The average molecular weight is 218 g/mol. The second-order valence-corrected chi connectivity index (χ2v) is 3.38. The molecule has 0 spiro atoms. The van der Waals surface area contributed by atoms with Crippen LogP contribution in [0.3, 0.4) is 0 Å². The van der Waals surface area contributed by atoms with Gasteiger partial charge >= 0.3 is 11.9 Å². The molecule has 0 saturated carbocycles. The van der Waals surface area contributed by atoms with Gasteiger partial charge in [0.05, 0.1) is 6.10 Å². The van der Waals surface area contributed by atoms with E-state index in [0.29, 0.717) is 0 Å². The molecule has 86 valence electrons. The van der Waals surface area contributed by atoms with Crippen LogP contribution in [0.25, 0.3) is 0 Å². The van der Waals surface area contributed by atoms with Gasteiger partial charge in [0.2, 0.25) is 0 Å². The van der Waals surface area contributed by atoms with Gasteiger partial charge in [0, 0.05) is 13.8 Å². The first-order valence-electron chi connectivity index (χ1n) is 4.59. The molecule has 0 amide bonds. The lowest BCUT2D eigenvalue weighted by atomic mass is 10.1. The van der Waals surface area contributed by atoms with Crippen molar-refractivity contribution in [3.8, 4) is 0 Å². The van der Waals surface area contributed by atoms with Crippen molar-refractivity contribution < 1.29 is 28.9 Å². The van der Waals surface area contributed by atoms with Crippen molar-refractivity contribution in [2.24, 2.45) is 0 Å². The van der Waals surface area contributed by atoms with Gasteiger partial charge in [0.15, 0.2) is 18.5 Å². The summed E-state index contributed by atoms with van der Waals surface area (Å²) in [6.07, 6.45) is -3.48. The second-order valence-electron chi connectivity index (χ2n) is 3.38. The van der Waals surface area contributed by atoms with E-state index in [2.05, 4.69) is 0 Å². The largest absolute Gasteiger partial charge is 0.456 e. The Morgan fingerprint density at radius 3 is 2.07 bits per heavy atom. The summed E-state index contributed by atoms with van der Waals surface area (Å²) >= 11 is 0. The third-order valence-electron chi connectivity index (χ3n) is 2.03. The summed E-state index contributed by atoms with van der Waals surface area (Å²) in [6.45, 7) is 4.07. The fourth-order valence-electron chi connectivity index (χ4n) is 1.48. The molecule has 1 rings (SSSR count). The molecule has 0 aromatic rings. The normalized spacial score (nSPS) is 34.9. The first kappa shape index (κ1) is 11.9.